The number of benzene rings is 2. The maximum Gasteiger partial charge on any atom is 0.251 e. The molecule has 28 heavy (non-hydrogen) atoms. The van der Waals surface area contributed by atoms with Crippen molar-refractivity contribution in [1.82, 2.24) is 9.91 Å². The molecular weight excluding hydrogens is 374 g/mol. The Kier molecular flexibility index (Phi) is 5.03. The van der Waals surface area contributed by atoms with Crippen molar-refractivity contribution in [2.24, 2.45) is 11.0 Å². The highest BCUT2D eigenvalue weighted by atomic mass is 32.2. The SMILES string of the molecule is CS(=O)(=O)c1ccc(CN2CCC3C(=O)N(Cc4ccccc4)N=C3C2)cc1. The van der Waals surface area contributed by atoms with Gasteiger partial charge in [-0.05, 0) is 29.7 Å². The van der Waals surface area contributed by atoms with Crippen LogP contribution in [0.2, 0.25) is 0 Å². The van der Waals surface area contributed by atoms with E-state index in [0.29, 0.717) is 24.5 Å². The van der Waals surface area contributed by atoms with Gasteiger partial charge in [0.05, 0.1) is 23.1 Å². The fourth-order valence-corrected chi connectivity index (χ4v) is 4.38. The molecule has 0 spiro atoms. The highest BCUT2D eigenvalue weighted by molar-refractivity contribution is 7.90. The second-order valence-electron chi connectivity index (χ2n) is 7.44. The van der Waals surface area contributed by atoms with Crippen LogP contribution in [-0.2, 0) is 27.7 Å². The van der Waals surface area contributed by atoms with Crippen molar-refractivity contribution < 1.29 is 13.2 Å². The van der Waals surface area contributed by atoms with Crippen LogP contribution in [0.15, 0.2) is 64.6 Å². The van der Waals surface area contributed by atoms with E-state index in [9.17, 15) is 13.2 Å². The molecule has 1 unspecified atom stereocenters. The molecular formula is C21H23N3O3S. The normalized spacial score (nSPS) is 20.2. The number of carbonyl (C=O) groups is 1. The molecule has 0 aromatic heterocycles. The number of sulfone groups is 1. The van der Waals surface area contributed by atoms with Gasteiger partial charge in [-0.25, -0.2) is 13.4 Å². The van der Waals surface area contributed by atoms with Gasteiger partial charge in [0.1, 0.15) is 0 Å². The standard InChI is InChI=1S/C21H23N3O3S/c1-28(26,27)18-9-7-17(8-10-18)13-23-12-11-19-20(15-23)22-24(21(19)25)14-16-5-3-2-4-6-16/h2-10,19H,11-15H2,1H3. The monoisotopic (exact) mass is 397 g/mol. The van der Waals surface area contributed by atoms with Crippen LogP contribution in [0.1, 0.15) is 17.5 Å². The van der Waals surface area contributed by atoms with Crippen LogP contribution in [0, 0.1) is 5.92 Å². The molecule has 0 radical (unpaired) electrons. The highest BCUT2D eigenvalue weighted by Crippen LogP contribution is 2.26. The van der Waals surface area contributed by atoms with Crippen molar-refractivity contribution in [3.63, 3.8) is 0 Å². The molecule has 0 saturated carbocycles. The summed E-state index contributed by atoms with van der Waals surface area (Å²) in [6, 6.07) is 16.9. The van der Waals surface area contributed by atoms with E-state index in [-0.39, 0.29) is 11.8 Å². The molecule has 2 aromatic rings. The summed E-state index contributed by atoms with van der Waals surface area (Å²) in [5.41, 5.74) is 3.05. The number of amides is 1. The number of nitrogens with zero attached hydrogens (tertiary/aromatic N) is 3. The van der Waals surface area contributed by atoms with Crippen molar-refractivity contribution in [2.75, 3.05) is 19.3 Å². The third kappa shape index (κ3) is 4.00. The molecule has 4 rings (SSSR count). The fourth-order valence-electron chi connectivity index (χ4n) is 3.75. The number of piperidine rings is 1. The lowest BCUT2D eigenvalue weighted by atomic mass is 9.94. The first-order valence-electron chi connectivity index (χ1n) is 9.34. The van der Waals surface area contributed by atoms with Gasteiger partial charge in [0.2, 0.25) is 0 Å². The topological polar surface area (TPSA) is 70.1 Å². The lowest BCUT2D eigenvalue weighted by molar-refractivity contribution is -0.132. The molecule has 1 amide bonds. The number of fused-ring (bicyclic) bond motifs is 1. The fraction of sp³-hybridized carbons (Fsp3) is 0.333. The van der Waals surface area contributed by atoms with Gasteiger partial charge >= 0.3 is 0 Å². The number of hydrogen-bond acceptors (Lipinski definition) is 5. The van der Waals surface area contributed by atoms with Crippen molar-refractivity contribution in [2.45, 2.75) is 24.4 Å². The number of hydrazone groups is 1. The van der Waals surface area contributed by atoms with Crippen molar-refractivity contribution >= 4 is 21.5 Å². The molecule has 7 heteroatoms. The minimum atomic E-state index is -3.18. The lowest BCUT2D eigenvalue weighted by Gasteiger charge is -2.29. The van der Waals surface area contributed by atoms with Gasteiger partial charge in [-0.15, -0.1) is 0 Å². The van der Waals surface area contributed by atoms with E-state index in [0.717, 1.165) is 29.8 Å². The zero-order chi connectivity index (χ0) is 19.7. The quantitative estimate of drug-likeness (QED) is 0.776. The van der Waals surface area contributed by atoms with Crippen LogP contribution in [0.4, 0.5) is 0 Å². The minimum absolute atomic E-state index is 0.0935. The highest BCUT2D eigenvalue weighted by Gasteiger charge is 2.39. The summed E-state index contributed by atoms with van der Waals surface area (Å²) in [5, 5.41) is 6.20. The van der Waals surface area contributed by atoms with E-state index in [4.69, 9.17) is 0 Å². The van der Waals surface area contributed by atoms with Crippen LogP contribution in [0.5, 0.6) is 0 Å². The maximum absolute atomic E-state index is 12.7. The average molecular weight is 398 g/mol. The number of hydrogen-bond donors (Lipinski definition) is 0. The molecule has 2 heterocycles. The first kappa shape index (κ1) is 18.8. The summed E-state index contributed by atoms with van der Waals surface area (Å²) >= 11 is 0. The van der Waals surface area contributed by atoms with Crippen LogP contribution in [0.3, 0.4) is 0 Å². The Morgan fingerprint density at radius 3 is 2.36 bits per heavy atom. The van der Waals surface area contributed by atoms with Gasteiger partial charge in [0.15, 0.2) is 9.84 Å². The third-order valence-corrected chi connectivity index (χ3v) is 6.38. The molecule has 146 valence electrons. The molecule has 2 aliphatic rings. The van der Waals surface area contributed by atoms with Gasteiger partial charge < -0.3 is 0 Å². The molecule has 1 atom stereocenters. The first-order valence-corrected chi connectivity index (χ1v) is 11.2. The Morgan fingerprint density at radius 2 is 1.68 bits per heavy atom. The minimum Gasteiger partial charge on any atom is -0.293 e. The Hall–Kier alpha value is -2.51. The van der Waals surface area contributed by atoms with Crippen molar-refractivity contribution in [3.8, 4) is 0 Å². The molecule has 0 bridgehead atoms. The Bertz CT molecular complexity index is 1000. The van der Waals surface area contributed by atoms with E-state index >= 15 is 0 Å². The number of rotatable bonds is 5. The first-order chi connectivity index (χ1) is 13.4. The van der Waals surface area contributed by atoms with Gasteiger partial charge in [-0.2, -0.15) is 5.10 Å². The van der Waals surface area contributed by atoms with E-state index in [1.54, 1.807) is 17.1 Å². The number of likely N-dealkylation sites (tertiary alicyclic amines) is 1. The zero-order valence-electron chi connectivity index (χ0n) is 15.8. The lowest BCUT2D eigenvalue weighted by Crippen LogP contribution is -2.41. The molecule has 2 aromatic carbocycles. The van der Waals surface area contributed by atoms with E-state index in [1.165, 1.54) is 6.26 Å². The summed E-state index contributed by atoms with van der Waals surface area (Å²) in [6.07, 6.45) is 1.98. The van der Waals surface area contributed by atoms with E-state index in [2.05, 4.69) is 10.0 Å². The Morgan fingerprint density at radius 1 is 1.00 bits per heavy atom. The molecule has 2 aliphatic heterocycles. The predicted octanol–water partition coefficient (Wildman–Crippen LogP) is 2.31. The largest absolute Gasteiger partial charge is 0.293 e. The van der Waals surface area contributed by atoms with Crippen molar-refractivity contribution in [3.05, 3.63) is 65.7 Å². The molecule has 0 aliphatic carbocycles. The molecule has 1 fully saturated rings. The van der Waals surface area contributed by atoms with Gasteiger partial charge in [-0.3, -0.25) is 9.69 Å². The second-order valence-corrected chi connectivity index (χ2v) is 9.46. The van der Waals surface area contributed by atoms with Crippen LogP contribution < -0.4 is 0 Å². The van der Waals surface area contributed by atoms with E-state index < -0.39 is 9.84 Å². The summed E-state index contributed by atoms with van der Waals surface area (Å²) in [7, 11) is -3.18. The summed E-state index contributed by atoms with van der Waals surface area (Å²) < 4.78 is 23.2. The third-order valence-electron chi connectivity index (χ3n) is 5.26. The Balaban J connectivity index is 1.42. The van der Waals surface area contributed by atoms with Crippen LogP contribution in [-0.4, -0.2) is 49.3 Å². The Labute approximate surface area is 165 Å². The summed E-state index contributed by atoms with van der Waals surface area (Å²) in [6.45, 7) is 2.70. The smallest absolute Gasteiger partial charge is 0.251 e. The van der Waals surface area contributed by atoms with Crippen LogP contribution >= 0.6 is 0 Å². The number of carbonyl (C=O) groups excluding carboxylic acids is 1. The summed E-state index contributed by atoms with van der Waals surface area (Å²) in [4.78, 5) is 15.3. The zero-order valence-corrected chi connectivity index (χ0v) is 16.6. The molecule has 1 saturated heterocycles. The summed E-state index contributed by atoms with van der Waals surface area (Å²) in [5.74, 6) is -0.0106. The van der Waals surface area contributed by atoms with E-state index in [1.807, 2.05) is 42.5 Å². The van der Waals surface area contributed by atoms with Crippen LogP contribution in [0.25, 0.3) is 0 Å². The average Bonchev–Trinajstić information content (AvgIpc) is 2.97. The maximum atomic E-state index is 12.7. The second kappa shape index (κ2) is 7.48. The molecule has 6 nitrogen and oxygen atoms in total. The van der Waals surface area contributed by atoms with Gasteiger partial charge in [-0.1, -0.05) is 42.5 Å². The molecule has 0 N–H and O–H groups in total. The van der Waals surface area contributed by atoms with Gasteiger partial charge in [0, 0.05) is 25.9 Å². The predicted molar refractivity (Wildman–Crippen MR) is 107 cm³/mol. The van der Waals surface area contributed by atoms with Crippen molar-refractivity contribution in [1.29, 1.82) is 0 Å². The van der Waals surface area contributed by atoms with Gasteiger partial charge in [0.25, 0.3) is 5.91 Å².